The SMILES string of the molecule is c1ccc(CN2CCC[C@]3(CCCN(Cc4nc(COc5ccccc5)no4)C3)C2)cc1. The molecule has 2 fully saturated rings. The summed E-state index contributed by atoms with van der Waals surface area (Å²) in [4.78, 5) is 9.72. The van der Waals surface area contributed by atoms with Crippen molar-refractivity contribution in [1.29, 1.82) is 0 Å². The molecule has 2 saturated heterocycles. The zero-order chi connectivity index (χ0) is 21.6. The minimum Gasteiger partial charge on any atom is -0.485 e. The predicted octanol–water partition coefficient (Wildman–Crippen LogP) is 4.53. The number of hydrogen-bond acceptors (Lipinski definition) is 6. The minimum atomic E-state index is 0.325. The molecule has 0 radical (unpaired) electrons. The van der Waals surface area contributed by atoms with E-state index in [4.69, 9.17) is 9.26 Å². The molecule has 1 aromatic heterocycles. The third-order valence-corrected chi connectivity index (χ3v) is 6.71. The molecule has 0 unspecified atom stereocenters. The Balaban J connectivity index is 1.16. The van der Waals surface area contributed by atoms with Gasteiger partial charge >= 0.3 is 0 Å². The molecule has 2 aliphatic heterocycles. The van der Waals surface area contributed by atoms with Gasteiger partial charge in [-0.15, -0.1) is 0 Å². The lowest BCUT2D eigenvalue weighted by Crippen LogP contribution is -2.51. The van der Waals surface area contributed by atoms with E-state index < -0.39 is 0 Å². The Morgan fingerprint density at radius 3 is 2.22 bits per heavy atom. The molecule has 1 atom stereocenters. The molecule has 0 aliphatic carbocycles. The van der Waals surface area contributed by atoms with Gasteiger partial charge in [-0.1, -0.05) is 53.7 Å². The molecule has 3 aromatic rings. The summed E-state index contributed by atoms with van der Waals surface area (Å²) in [6.07, 6.45) is 5.14. The Hall–Kier alpha value is -2.70. The van der Waals surface area contributed by atoms with Crippen LogP contribution in [0.4, 0.5) is 0 Å². The van der Waals surface area contributed by atoms with Crippen LogP contribution in [0.3, 0.4) is 0 Å². The van der Waals surface area contributed by atoms with Crippen LogP contribution >= 0.6 is 0 Å². The molecule has 2 aliphatic rings. The maximum absolute atomic E-state index is 5.74. The van der Waals surface area contributed by atoms with Crippen molar-refractivity contribution in [3.8, 4) is 5.75 Å². The lowest BCUT2D eigenvalue weighted by Gasteiger charge is -2.48. The summed E-state index contributed by atoms with van der Waals surface area (Å²) >= 11 is 0. The number of nitrogens with zero attached hydrogens (tertiary/aromatic N) is 4. The smallest absolute Gasteiger partial charge is 0.240 e. The Labute approximate surface area is 190 Å². The number of piperidine rings is 2. The summed E-state index contributed by atoms with van der Waals surface area (Å²) in [6.45, 7) is 6.68. The summed E-state index contributed by atoms with van der Waals surface area (Å²) in [5.74, 6) is 2.10. The van der Waals surface area contributed by atoms with E-state index in [0.717, 1.165) is 31.9 Å². The molecule has 0 saturated carbocycles. The van der Waals surface area contributed by atoms with Gasteiger partial charge in [0.1, 0.15) is 5.75 Å². The first-order valence-corrected chi connectivity index (χ1v) is 11.7. The second-order valence-corrected chi connectivity index (χ2v) is 9.32. The molecule has 32 heavy (non-hydrogen) atoms. The highest BCUT2D eigenvalue weighted by Gasteiger charge is 2.39. The fourth-order valence-corrected chi connectivity index (χ4v) is 5.33. The van der Waals surface area contributed by atoms with E-state index >= 15 is 0 Å². The Morgan fingerprint density at radius 1 is 0.844 bits per heavy atom. The van der Waals surface area contributed by atoms with Crippen molar-refractivity contribution < 1.29 is 9.26 Å². The molecule has 5 rings (SSSR count). The highest BCUT2D eigenvalue weighted by molar-refractivity contribution is 5.21. The van der Waals surface area contributed by atoms with E-state index in [1.165, 1.54) is 44.3 Å². The van der Waals surface area contributed by atoms with Crippen molar-refractivity contribution in [3.63, 3.8) is 0 Å². The second-order valence-electron chi connectivity index (χ2n) is 9.32. The fourth-order valence-electron chi connectivity index (χ4n) is 5.33. The van der Waals surface area contributed by atoms with Crippen molar-refractivity contribution in [2.75, 3.05) is 26.2 Å². The first kappa shape index (κ1) is 21.2. The summed E-state index contributed by atoms with van der Waals surface area (Å²) in [5.41, 5.74) is 1.79. The topological polar surface area (TPSA) is 54.6 Å². The van der Waals surface area contributed by atoms with Gasteiger partial charge in [0.05, 0.1) is 6.54 Å². The number of para-hydroxylation sites is 1. The normalized spacial score (nSPS) is 22.2. The molecule has 0 amide bonds. The quantitative estimate of drug-likeness (QED) is 0.547. The van der Waals surface area contributed by atoms with Crippen LogP contribution in [0.15, 0.2) is 65.2 Å². The van der Waals surface area contributed by atoms with Gasteiger partial charge in [0, 0.05) is 19.6 Å². The number of aromatic nitrogens is 2. The van der Waals surface area contributed by atoms with Gasteiger partial charge in [-0.25, -0.2) is 0 Å². The largest absolute Gasteiger partial charge is 0.485 e. The first-order valence-electron chi connectivity index (χ1n) is 11.7. The molecule has 0 bridgehead atoms. The van der Waals surface area contributed by atoms with Gasteiger partial charge in [0.25, 0.3) is 0 Å². The van der Waals surface area contributed by atoms with Crippen LogP contribution in [0.1, 0.15) is 43.0 Å². The third-order valence-electron chi connectivity index (χ3n) is 6.71. The van der Waals surface area contributed by atoms with E-state index in [0.29, 0.717) is 23.7 Å². The third kappa shape index (κ3) is 5.37. The highest BCUT2D eigenvalue weighted by atomic mass is 16.5. The average molecular weight is 433 g/mol. The van der Waals surface area contributed by atoms with Gasteiger partial charge in [0.2, 0.25) is 11.7 Å². The number of hydrogen-bond donors (Lipinski definition) is 0. The molecule has 6 heteroatoms. The first-order chi connectivity index (χ1) is 15.8. The molecular weight excluding hydrogens is 400 g/mol. The van der Waals surface area contributed by atoms with E-state index in [-0.39, 0.29) is 0 Å². The van der Waals surface area contributed by atoms with Crippen LogP contribution in [0, 0.1) is 5.41 Å². The van der Waals surface area contributed by atoms with Crippen molar-refractivity contribution in [2.45, 2.75) is 45.4 Å². The van der Waals surface area contributed by atoms with Crippen LogP contribution in [-0.4, -0.2) is 46.1 Å². The summed E-state index contributed by atoms with van der Waals surface area (Å²) in [6, 6.07) is 20.6. The molecule has 0 N–H and O–H groups in total. The fraction of sp³-hybridized carbons (Fsp3) is 0.462. The Kier molecular flexibility index (Phi) is 6.51. The van der Waals surface area contributed by atoms with Crippen LogP contribution in [0.5, 0.6) is 5.75 Å². The molecule has 6 nitrogen and oxygen atoms in total. The summed E-state index contributed by atoms with van der Waals surface area (Å²) in [5, 5.41) is 4.11. The lowest BCUT2D eigenvalue weighted by molar-refractivity contribution is 0.00462. The maximum Gasteiger partial charge on any atom is 0.240 e. The van der Waals surface area contributed by atoms with Gasteiger partial charge in [-0.3, -0.25) is 9.80 Å². The van der Waals surface area contributed by atoms with Crippen molar-refractivity contribution in [1.82, 2.24) is 19.9 Å². The molecular formula is C26H32N4O2. The van der Waals surface area contributed by atoms with Gasteiger partial charge < -0.3 is 9.26 Å². The van der Waals surface area contributed by atoms with Gasteiger partial charge in [-0.05, 0) is 61.9 Å². The monoisotopic (exact) mass is 432 g/mol. The summed E-state index contributed by atoms with van der Waals surface area (Å²) < 4.78 is 11.3. The second kappa shape index (κ2) is 9.84. The van der Waals surface area contributed by atoms with Gasteiger partial charge in [-0.2, -0.15) is 4.98 Å². The number of ether oxygens (including phenoxy) is 1. The zero-order valence-electron chi connectivity index (χ0n) is 18.7. The predicted molar refractivity (Wildman–Crippen MR) is 123 cm³/mol. The number of rotatable bonds is 7. The standard InChI is InChI=1S/C26H32N4O2/c1-3-9-22(10-4-1)17-29-15-7-13-26(20-29)14-8-16-30(21-26)18-25-27-24(28-32-25)19-31-23-11-5-2-6-12-23/h1-6,9-12H,7-8,13-21H2/t26-/m0/s1. The Morgan fingerprint density at radius 2 is 1.50 bits per heavy atom. The van der Waals surface area contributed by atoms with Crippen LogP contribution in [0.25, 0.3) is 0 Å². The van der Waals surface area contributed by atoms with Gasteiger partial charge in [0.15, 0.2) is 6.61 Å². The molecule has 2 aromatic carbocycles. The van der Waals surface area contributed by atoms with E-state index in [1.54, 1.807) is 0 Å². The molecule has 1 spiro atoms. The van der Waals surface area contributed by atoms with Crippen molar-refractivity contribution >= 4 is 0 Å². The highest BCUT2D eigenvalue weighted by Crippen LogP contribution is 2.39. The van der Waals surface area contributed by atoms with E-state index in [1.807, 2.05) is 30.3 Å². The molecule has 3 heterocycles. The summed E-state index contributed by atoms with van der Waals surface area (Å²) in [7, 11) is 0. The lowest BCUT2D eigenvalue weighted by atomic mass is 9.73. The average Bonchev–Trinajstić information content (AvgIpc) is 3.26. The number of benzene rings is 2. The van der Waals surface area contributed by atoms with Crippen LogP contribution in [-0.2, 0) is 19.7 Å². The minimum absolute atomic E-state index is 0.325. The number of likely N-dealkylation sites (tertiary alicyclic amines) is 2. The van der Waals surface area contributed by atoms with E-state index in [2.05, 4.69) is 50.3 Å². The van der Waals surface area contributed by atoms with Crippen molar-refractivity contribution in [3.05, 3.63) is 77.9 Å². The van der Waals surface area contributed by atoms with Crippen molar-refractivity contribution in [2.24, 2.45) is 5.41 Å². The van der Waals surface area contributed by atoms with Crippen LogP contribution in [0.2, 0.25) is 0 Å². The Bertz CT molecular complexity index is 974. The maximum atomic E-state index is 5.74. The van der Waals surface area contributed by atoms with Crippen LogP contribution < -0.4 is 4.74 Å². The zero-order valence-corrected chi connectivity index (χ0v) is 18.7. The molecule has 168 valence electrons. The van der Waals surface area contributed by atoms with E-state index in [9.17, 15) is 0 Å².